The molecule has 6 heteroatoms. The van der Waals surface area contributed by atoms with E-state index in [1.807, 2.05) is 49.1 Å². The lowest BCUT2D eigenvalue weighted by Crippen LogP contribution is -2.26. The van der Waals surface area contributed by atoms with Gasteiger partial charge < -0.3 is 14.6 Å². The lowest BCUT2D eigenvalue weighted by molar-refractivity contribution is -0.149. The average Bonchev–Trinajstić information content (AvgIpc) is 3.11. The molecular weight excluding hydrogens is 392 g/mol. The standard InChI is InChI=1S/C25H26N2O4/c1-2-30-24(25(28)29)14-17-5-7-18(8-6-17)31-13-3-4-19-22-15-26-11-9-20(22)21-10-12-27-16-23(19)21/h5-12,15-16,19,24H,2-4,13-14H2,1H3,(H,28,29). The van der Waals surface area contributed by atoms with E-state index in [2.05, 4.69) is 22.1 Å². The molecule has 1 aliphatic rings. The number of hydrogen-bond donors (Lipinski definition) is 1. The maximum absolute atomic E-state index is 11.2. The molecule has 1 aliphatic carbocycles. The van der Waals surface area contributed by atoms with Gasteiger partial charge in [-0.25, -0.2) is 4.79 Å². The maximum Gasteiger partial charge on any atom is 0.333 e. The largest absolute Gasteiger partial charge is 0.494 e. The Balaban J connectivity index is 1.31. The van der Waals surface area contributed by atoms with Crippen LogP contribution < -0.4 is 4.74 Å². The van der Waals surface area contributed by atoms with Crippen molar-refractivity contribution in [2.45, 2.75) is 38.2 Å². The quantitative estimate of drug-likeness (QED) is 0.489. The van der Waals surface area contributed by atoms with Crippen LogP contribution in [0.15, 0.2) is 61.2 Å². The van der Waals surface area contributed by atoms with Crippen LogP contribution in [-0.4, -0.2) is 40.4 Å². The molecule has 1 unspecified atom stereocenters. The highest BCUT2D eigenvalue weighted by atomic mass is 16.5. The molecule has 0 bridgehead atoms. The number of carbonyl (C=O) groups is 1. The Morgan fingerprint density at radius 2 is 1.68 bits per heavy atom. The number of hydrogen-bond acceptors (Lipinski definition) is 5. The van der Waals surface area contributed by atoms with Gasteiger partial charge in [-0.15, -0.1) is 0 Å². The molecule has 3 aromatic rings. The third-order valence-corrected chi connectivity index (χ3v) is 5.64. The first-order valence-corrected chi connectivity index (χ1v) is 10.6. The fraction of sp³-hybridized carbons (Fsp3) is 0.320. The molecule has 0 radical (unpaired) electrons. The number of fused-ring (bicyclic) bond motifs is 3. The molecule has 4 rings (SSSR count). The number of nitrogens with zero attached hydrogens (tertiary/aromatic N) is 2. The molecule has 2 aromatic heterocycles. The van der Waals surface area contributed by atoms with E-state index in [1.165, 1.54) is 22.3 Å². The molecule has 6 nitrogen and oxygen atoms in total. The van der Waals surface area contributed by atoms with Crippen molar-refractivity contribution in [3.05, 3.63) is 77.9 Å². The van der Waals surface area contributed by atoms with Crippen molar-refractivity contribution in [1.29, 1.82) is 0 Å². The van der Waals surface area contributed by atoms with Crippen LogP contribution in [0.5, 0.6) is 5.75 Å². The van der Waals surface area contributed by atoms with Gasteiger partial charge in [0.15, 0.2) is 6.10 Å². The van der Waals surface area contributed by atoms with Crippen molar-refractivity contribution in [2.24, 2.45) is 0 Å². The van der Waals surface area contributed by atoms with Crippen molar-refractivity contribution in [3.63, 3.8) is 0 Å². The van der Waals surface area contributed by atoms with Crippen LogP contribution >= 0.6 is 0 Å². The number of rotatable bonds is 10. The lowest BCUT2D eigenvalue weighted by Gasteiger charge is -2.14. The van der Waals surface area contributed by atoms with E-state index in [-0.39, 0.29) is 0 Å². The number of pyridine rings is 2. The maximum atomic E-state index is 11.2. The highest BCUT2D eigenvalue weighted by Crippen LogP contribution is 2.45. The Morgan fingerprint density at radius 1 is 1.03 bits per heavy atom. The molecule has 0 fully saturated rings. The van der Waals surface area contributed by atoms with Gasteiger partial charge in [-0.3, -0.25) is 9.97 Å². The summed E-state index contributed by atoms with van der Waals surface area (Å²) >= 11 is 0. The fourth-order valence-corrected chi connectivity index (χ4v) is 4.17. The smallest absolute Gasteiger partial charge is 0.333 e. The molecule has 0 amide bonds. The van der Waals surface area contributed by atoms with Gasteiger partial charge in [0.25, 0.3) is 0 Å². The van der Waals surface area contributed by atoms with Crippen LogP contribution in [-0.2, 0) is 16.0 Å². The summed E-state index contributed by atoms with van der Waals surface area (Å²) in [5, 5.41) is 9.22. The number of aliphatic carboxylic acids is 1. The Bertz CT molecular complexity index is 990. The first-order valence-electron chi connectivity index (χ1n) is 10.6. The predicted molar refractivity (Wildman–Crippen MR) is 117 cm³/mol. The highest BCUT2D eigenvalue weighted by Gasteiger charge is 2.28. The van der Waals surface area contributed by atoms with Gasteiger partial charge in [-0.1, -0.05) is 12.1 Å². The van der Waals surface area contributed by atoms with Crippen LogP contribution in [0.1, 0.15) is 42.4 Å². The summed E-state index contributed by atoms with van der Waals surface area (Å²) in [4.78, 5) is 19.9. The zero-order valence-electron chi connectivity index (χ0n) is 17.5. The van der Waals surface area contributed by atoms with Gasteiger partial charge in [0.2, 0.25) is 0 Å². The number of aromatic nitrogens is 2. The van der Waals surface area contributed by atoms with E-state index in [0.717, 1.165) is 24.2 Å². The molecule has 1 atom stereocenters. The fourth-order valence-electron chi connectivity index (χ4n) is 4.17. The van der Waals surface area contributed by atoms with Gasteiger partial charge in [-0.2, -0.15) is 0 Å². The van der Waals surface area contributed by atoms with Crippen molar-refractivity contribution >= 4 is 5.97 Å². The van der Waals surface area contributed by atoms with E-state index in [4.69, 9.17) is 9.47 Å². The van der Waals surface area contributed by atoms with Gasteiger partial charge in [0.1, 0.15) is 5.75 Å². The molecular formula is C25H26N2O4. The van der Waals surface area contributed by atoms with Gasteiger partial charge in [-0.05, 0) is 71.8 Å². The number of ether oxygens (including phenoxy) is 2. The summed E-state index contributed by atoms with van der Waals surface area (Å²) < 4.78 is 11.2. The molecule has 1 N–H and O–H groups in total. The minimum absolute atomic E-state index is 0.296. The van der Waals surface area contributed by atoms with Crippen molar-refractivity contribution in [1.82, 2.24) is 9.97 Å². The second-order valence-electron chi connectivity index (χ2n) is 7.60. The third kappa shape index (κ3) is 4.75. The molecule has 1 aromatic carbocycles. The summed E-state index contributed by atoms with van der Waals surface area (Å²) in [7, 11) is 0. The second-order valence-corrected chi connectivity index (χ2v) is 7.60. The van der Waals surface area contributed by atoms with E-state index < -0.39 is 12.1 Å². The van der Waals surface area contributed by atoms with Crippen LogP contribution in [0, 0.1) is 0 Å². The Morgan fingerprint density at radius 3 is 2.26 bits per heavy atom. The summed E-state index contributed by atoms with van der Waals surface area (Å²) in [5.41, 5.74) is 5.93. The van der Waals surface area contributed by atoms with Gasteiger partial charge in [0.05, 0.1) is 6.61 Å². The Labute approximate surface area is 181 Å². The van der Waals surface area contributed by atoms with E-state index >= 15 is 0 Å². The first-order chi connectivity index (χ1) is 15.2. The zero-order valence-corrected chi connectivity index (χ0v) is 17.5. The molecule has 31 heavy (non-hydrogen) atoms. The Hall–Kier alpha value is -3.25. The second kappa shape index (κ2) is 9.71. The summed E-state index contributed by atoms with van der Waals surface area (Å²) in [5.74, 6) is 0.134. The molecule has 0 saturated heterocycles. The number of carboxylic acids is 1. The lowest BCUT2D eigenvalue weighted by atomic mass is 9.94. The predicted octanol–water partition coefficient (Wildman–Crippen LogP) is 4.48. The average molecular weight is 418 g/mol. The summed E-state index contributed by atoms with van der Waals surface area (Å²) in [6.45, 7) is 2.78. The minimum Gasteiger partial charge on any atom is -0.494 e. The molecule has 160 valence electrons. The summed E-state index contributed by atoms with van der Waals surface area (Å²) in [6.07, 6.45) is 8.99. The van der Waals surface area contributed by atoms with Gasteiger partial charge in [0, 0.05) is 43.7 Å². The monoisotopic (exact) mass is 418 g/mol. The minimum atomic E-state index is -0.942. The first kappa shape index (κ1) is 21.0. The van der Waals surface area contributed by atoms with Crippen molar-refractivity contribution in [2.75, 3.05) is 13.2 Å². The zero-order chi connectivity index (χ0) is 21.6. The number of benzene rings is 1. The molecule has 2 heterocycles. The van der Waals surface area contributed by atoms with Crippen molar-refractivity contribution < 1.29 is 19.4 Å². The normalized spacial score (nSPS) is 13.5. The molecule has 0 aliphatic heterocycles. The topological polar surface area (TPSA) is 81.5 Å². The van der Waals surface area contributed by atoms with Crippen LogP contribution in [0.2, 0.25) is 0 Å². The SMILES string of the molecule is CCOC(Cc1ccc(OCCCC2c3cnccc3-c3ccncc32)cc1)C(=O)O. The van der Waals surface area contributed by atoms with Crippen molar-refractivity contribution in [3.8, 4) is 16.9 Å². The molecule has 0 spiro atoms. The van der Waals surface area contributed by atoms with Crippen LogP contribution in [0.4, 0.5) is 0 Å². The third-order valence-electron chi connectivity index (χ3n) is 5.64. The molecule has 0 saturated carbocycles. The van der Waals surface area contributed by atoms with Crippen LogP contribution in [0.25, 0.3) is 11.1 Å². The van der Waals surface area contributed by atoms with E-state index in [9.17, 15) is 9.90 Å². The number of carboxylic acid groups (broad SMARTS) is 1. The van der Waals surface area contributed by atoms with E-state index in [1.54, 1.807) is 6.92 Å². The van der Waals surface area contributed by atoms with Crippen LogP contribution in [0.3, 0.4) is 0 Å². The van der Waals surface area contributed by atoms with E-state index in [0.29, 0.717) is 25.6 Å². The Kier molecular flexibility index (Phi) is 6.57. The highest BCUT2D eigenvalue weighted by molar-refractivity contribution is 5.77. The summed E-state index contributed by atoms with van der Waals surface area (Å²) in [6, 6.07) is 11.7. The van der Waals surface area contributed by atoms with Gasteiger partial charge >= 0.3 is 5.97 Å².